The number of esters is 3. The van der Waals surface area contributed by atoms with Crippen molar-refractivity contribution in [2.24, 2.45) is 5.14 Å². The van der Waals surface area contributed by atoms with Gasteiger partial charge >= 0.3 is 185 Å². The summed E-state index contributed by atoms with van der Waals surface area (Å²) in [7, 11) is -3.87. The van der Waals surface area contributed by atoms with Gasteiger partial charge in [0.15, 0.2) is 0 Å². The van der Waals surface area contributed by atoms with E-state index in [1.165, 1.54) is 24.3 Å². The third-order valence-corrected chi connectivity index (χ3v) is 7.44. The number of hydrogen-bond donors (Lipinski definition) is 2. The van der Waals surface area contributed by atoms with Crippen LogP contribution in [0.15, 0.2) is 29.2 Å². The Bertz CT molecular complexity index is 920. The number of aliphatic hydroxyl groups excluding tert-OH is 1. The van der Waals surface area contributed by atoms with E-state index in [9.17, 15) is 27.9 Å². The molecule has 1 aromatic rings. The van der Waals surface area contributed by atoms with Gasteiger partial charge in [0.05, 0.1) is 0 Å². The van der Waals surface area contributed by atoms with E-state index in [1.54, 1.807) is 0 Å². The van der Waals surface area contributed by atoms with Gasteiger partial charge in [-0.05, 0) is 0 Å². The Labute approximate surface area is 185 Å². The van der Waals surface area contributed by atoms with Gasteiger partial charge < -0.3 is 0 Å². The number of benzene rings is 1. The standard InChI is InChI=1S/C18H23NO10SSe/c1-9(21)26-15-14(8-20)29-18(17(28-11(3)23)16(15)27-10(2)22)31-13-6-4-12(5-7-13)30(19,24)25/h4-7,14-18,20H,8H2,1-3H3,(H2,19,24,25)/t14-,15-,16+,17-,18+/m1/s1. The number of primary sulfonamides is 1. The molecule has 11 nitrogen and oxygen atoms in total. The predicted molar refractivity (Wildman–Crippen MR) is 106 cm³/mol. The second-order valence-corrected chi connectivity index (χ2v) is 10.6. The van der Waals surface area contributed by atoms with Gasteiger partial charge in [0.1, 0.15) is 0 Å². The van der Waals surface area contributed by atoms with E-state index in [2.05, 4.69) is 0 Å². The van der Waals surface area contributed by atoms with E-state index in [0.717, 1.165) is 20.8 Å². The zero-order valence-electron chi connectivity index (χ0n) is 16.9. The number of sulfonamides is 1. The van der Waals surface area contributed by atoms with Gasteiger partial charge in [0, 0.05) is 0 Å². The number of ether oxygens (including phenoxy) is 4. The molecular formula is C18H23NO10SSe. The second-order valence-electron chi connectivity index (χ2n) is 6.58. The molecule has 13 heteroatoms. The van der Waals surface area contributed by atoms with Crippen molar-refractivity contribution in [2.45, 2.75) is 55.1 Å². The van der Waals surface area contributed by atoms with Gasteiger partial charge in [-0.1, -0.05) is 0 Å². The molecule has 0 aromatic heterocycles. The van der Waals surface area contributed by atoms with Crippen molar-refractivity contribution in [1.82, 2.24) is 0 Å². The average Bonchev–Trinajstić information content (AvgIpc) is 2.64. The molecule has 0 aliphatic carbocycles. The molecule has 3 N–H and O–H groups in total. The number of rotatable bonds is 7. The molecule has 0 saturated carbocycles. The van der Waals surface area contributed by atoms with Gasteiger partial charge in [-0.25, -0.2) is 0 Å². The van der Waals surface area contributed by atoms with Crippen LogP contribution in [0.3, 0.4) is 0 Å². The fraction of sp³-hybridized carbons (Fsp3) is 0.500. The fourth-order valence-electron chi connectivity index (χ4n) is 2.94. The van der Waals surface area contributed by atoms with E-state index in [1.807, 2.05) is 0 Å². The molecule has 31 heavy (non-hydrogen) atoms. The Hall–Kier alpha value is -2.02. The monoisotopic (exact) mass is 525 g/mol. The summed E-state index contributed by atoms with van der Waals surface area (Å²) in [5.41, 5.74) is 0. The average molecular weight is 524 g/mol. The quantitative estimate of drug-likeness (QED) is 0.235. The van der Waals surface area contributed by atoms with Crippen LogP contribution in [0.5, 0.6) is 0 Å². The summed E-state index contributed by atoms with van der Waals surface area (Å²) in [4.78, 5) is 34.9. The molecule has 1 aliphatic rings. The van der Waals surface area contributed by atoms with Crippen LogP contribution in [0.4, 0.5) is 0 Å². The minimum atomic E-state index is -3.87. The molecule has 0 amide bonds. The SMILES string of the molecule is CC(=O)O[C@@H]1[C@@H](OC(C)=O)[C@H]([Se]c2ccc(S(N)(=O)=O)cc2)O[C@H](CO)[C@H]1OC(C)=O. The molecule has 1 heterocycles. The maximum atomic E-state index is 11.7. The second kappa shape index (κ2) is 10.5. The van der Waals surface area contributed by atoms with Crippen LogP contribution in [-0.4, -0.2) is 82.4 Å². The number of carbonyl (C=O) groups excluding carboxylic acids is 3. The molecule has 0 radical (unpaired) electrons. The van der Waals surface area contributed by atoms with Gasteiger partial charge in [-0.2, -0.15) is 0 Å². The zero-order chi connectivity index (χ0) is 23.3. The van der Waals surface area contributed by atoms with Crippen molar-refractivity contribution in [2.75, 3.05) is 6.61 Å². The van der Waals surface area contributed by atoms with Gasteiger partial charge in [-0.3, -0.25) is 0 Å². The maximum absolute atomic E-state index is 11.7. The normalized spacial score (nSPS) is 26.0. The molecule has 1 aromatic carbocycles. The minimum absolute atomic E-state index is 0.0749. The first-order chi connectivity index (χ1) is 14.4. The zero-order valence-corrected chi connectivity index (χ0v) is 19.4. The van der Waals surface area contributed by atoms with Crippen LogP contribution in [0.25, 0.3) is 0 Å². The predicted octanol–water partition coefficient (Wildman–Crippen LogP) is -1.82. The van der Waals surface area contributed by atoms with Crippen molar-refractivity contribution >= 4 is 47.3 Å². The summed E-state index contributed by atoms with van der Waals surface area (Å²) in [5.74, 6) is -2.09. The molecule has 5 atom stereocenters. The number of nitrogens with two attached hydrogens (primary N) is 1. The summed E-state index contributed by atoms with van der Waals surface area (Å²) < 4.78 is 45.3. The fourth-order valence-corrected chi connectivity index (χ4v) is 5.77. The summed E-state index contributed by atoms with van der Waals surface area (Å²) in [5, 5.41) is 14.0. The van der Waals surface area contributed by atoms with Crippen LogP contribution in [-0.2, 0) is 43.4 Å². The van der Waals surface area contributed by atoms with Crippen LogP contribution < -0.4 is 9.60 Å². The van der Waals surface area contributed by atoms with Crippen LogP contribution in [0, 0.1) is 0 Å². The van der Waals surface area contributed by atoms with Crippen molar-refractivity contribution < 1.29 is 46.9 Å². The molecule has 2 rings (SSSR count). The summed E-state index contributed by atoms with van der Waals surface area (Å²) in [6, 6.07) is 5.71. The summed E-state index contributed by atoms with van der Waals surface area (Å²) in [6.45, 7) is 2.89. The van der Waals surface area contributed by atoms with E-state index >= 15 is 0 Å². The molecule has 0 bridgehead atoms. The summed E-state index contributed by atoms with van der Waals surface area (Å²) in [6.07, 6.45) is -4.60. The molecule has 1 aliphatic heterocycles. The van der Waals surface area contributed by atoms with E-state index in [4.69, 9.17) is 24.1 Å². The molecule has 1 saturated heterocycles. The first kappa shape index (κ1) is 25.2. The van der Waals surface area contributed by atoms with Crippen molar-refractivity contribution in [1.29, 1.82) is 0 Å². The third-order valence-electron chi connectivity index (χ3n) is 4.08. The van der Waals surface area contributed by atoms with Gasteiger partial charge in [0.2, 0.25) is 0 Å². The van der Waals surface area contributed by atoms with Crippen LogP contribution >= 0.6 is 0 Å². The number of aliphatic hydroxyl groups is 1. The third kappa shape index (κ3) is 6.99. The van der Waals surface area contributed by atoms with Crippen molar-refractivity contribution in [3.05, 3.63) is 24.3 Å². The van der Waals surface area contributed by atoms with Gasteiger partial charge in [-0.15, -0.1) is 0 Å². The Balaban J connectivity index is 2.39. The van der Waals surface area contributed by atoms with Crippen molar-refractivity contribution in [3.63, 3.8) is 0 Å². The van der Waals surface area contributed by atoms with Gasteiger partial charge in [0.25, 0.3) is 0 Å². The number of carbonyl (C=O) groups is 3. The van der Waals surface area contributed by atoms with Crippen LogP contribution in [0.2, 0.25) is 0 Å². The Morgan fingerprint density at radius 2 is 1.45 bits per heavy atom. The van der Waals surface area contributed by atoms with E-state index in [-0.39, 0.29) is 4.90 Å². The molecule has 0 unspecified atom stereocenters. The van der Waals surface area contributed by atoms with E-state index in [0.29, 0.717) is 4.46 Å². The Morgan fingerprint density at radius 1 is 0.968 bits per heavy atom. The Morgan fingerprint density at radius 3 is 1.90 bits per heavy atom. The number of hydrogen-bond acceptors (Lipinski definition) is 10. The first-order valence-corrected chi connectivity index (χ1v) is 12.4. The molecule has 172 valence electrons. The van der Waals surface area contributed by atoms with Crippen molar-refractivity contribution in [3.8, 4) is 0 Å². The first-order valence-electron chi connectivity index (χ1n) is 9.00. The Kier molecular flexibility index (Phi) is 8.57. The molecular weight excluding hydrogens is 501 g/mol. The topological polar surface area (TPSA) is 169 Å². The van der Waals surface area contributed by atoms with Crippen LogP contribution in [0.1, 0.15) is 20.8 Å². The molecule has 1 fully saturated rings. The summed E-state index contributed by atoms with van der Waals surface area (Å²) >= 11 is -0.593. The molecule has 0 spiro atoms. The van der Waals surface area contributed by atoms with E-state index < -0.39 is 78.9 Å².